The molecule has 0 bridgehead atoms. The molecule has 1 aliphatic carbocycles. The summed E-state index contributed by atoms with van der Waals surface area (Å²) in [7, 11) is 0. The third kappa shape index (κ3) is 5.13. The van der Waals surface area contributed by atoms with Crippen LogP contribution in [0.1, 0.15) is 50.5 Å². The van der Waals surface area contributed by atoms with Crippen LogP contribution in [0, 0.1) is 0 Å². The first-order valence-electron chi connectivity index (χ1n) is 11.3. The molecule has 1 fully saturated rings. The SMILES string of the molecule is O=C(Cn1c(=O)c(=O)n(Cc2ccc(Cl)cc2)c2ccccc21)NC1CCCCCCC1. The molecule has 168 valence electrons. The maximum absolute atomic E-state index is 13.0. The largest absolute Gasteiger partial charge is 0.352 e. The van der Waals surface area contributed by atoms with Gasteiger partial charge in [-0.1, -0.05) is 68.0 Å². The predicted molar refractivity (Wildman–Crippen MR) is 127 cm³/mol. The molecule has 6 nitrogen and oxygen atoms in total. The highest BCUT2D eigenvalue weighted by Crippen LogP contribution is 2.18. The van der Waals surface area contributed by atoms with Gasteiger partial charge in [0.05, 0.1) is 17.6 Å². The number of aromatic nitrogens is 2. The summed E-state index contributed by atoms with van der Waals surface area (Å²) in [6.45, 7) is 0.0910. The number of hydrogen-bond acceptors (Lipinski definition) is 3. The number of nitrogens with one attached hydrogen (secondary N) is 1. The van der Waals surface area contributed by atoms with Gasteiger partial charge in [-0.15, -0.1) is 0 Å². The zero-order valence-electron chi connectivity index (χ0n) is 18.1. The van der Waals surface area contributed by atoms with E-state index < -0.39 is 11.1 Å². The van der Waals surface area contributed by atoms with E-state index in [0.29, 0.717) is 16.1 Å². The normalized spacial score (nSPS) is 15.3. The molecule has 0 unspecified atom stereocenters. The minimum atomic E-state index is -0.689. The van der Waals surface area contributed by atoms with Gasteiger partial charge in [-0.05, 0) is 42.7 Å². The zero-order valence-corrected chi connectivity index (χ0v) is 18.8. The fourth-order valence-corrected chi connectivity index (χ4v) is 4.60. The Morgan fingerprint density at radius 1 is 0.844 bits per heavy atom. The second-order valence-corrected chi connectivity index (χ2v) is 8.94. The number of rotatable bonds is 5. The quantitative estimate of drug-likeness (QED) is 0.591. The molecular weight excluding hydrogens is 426 g/mol. The highest BCUT2D eigenvalue weighted by Gasteiger charge is 2.18. The van der Waals surface area contributed by atoms with E-state index in [-0.39, 0.29) is 25.0 Å². The topological polar surface area (TPSA) is 73.1 Å². The molecule has 1 N–H and O–H groups in total. The van der Waals surface area contributed by atoms with Crippen LogP contribution in [-0.4, -0.2) is 21.1 Å². The van der Waals surface area contributed by atoms with Crippen LogP contribution in [0.4, 0.5) is 0 Å². The summed E-state index contributed by atoms with van der Waals surface area (Å²) < 4.78 is 2.76. The Balaban J connectivity index is 1.63. The summed E-state index contributed by atoms with van der Waals surface area (Å²) in [5.74, 6) is -0.224. The van der Waals surface area contributed by atoms with Gasteiger partial charge >= 0.3 is 11.1 Å². The highest BCUT2D eigenvalue weighted by atomic mass is 35.5. The summed E-state index contributed by atoms with van der Waals surface area (Å²) in [5, 5.41) is 3.69. The zero-order chi connectivity index (χ0) is 22.5. The lowest BCUT2D eigenvalue weighted by Crippen LogP contribution is -2.45. The Morgan fingerprint density at radius 2 is 1.41 bits per heavy atom. The van der Waals surface area contributed by atoms with Crippen LogP contribution in [0.5, 0.6) is 0 Å². The lowest BCUT2D eigenvalue weighted by atomic mass is 9.97. The van der Waals surface area contributed by atoms with Crippen LogP contribution in [0.25, 0.3) is 11.0 Å². The number of hydrogen-bond donors (Lipinski definition) is 1. The van der Waals surface area contributed by atoms with Gasteiger partial charge in [-0.2, -0.15) is 0 Å². The number of fused-ring (bicyclic) bond motifs is 1. The van der Waals surface area contributed by atoms with Gasteiger partial charge in [0.15, 0.2) is 0 Å². The van der Waals surface area contributed by atoms with Crippen LogP contribution in [0.2, 0.25) is 5.02 Å². The maximum atomic E-state index is 13.0. The fourth-order valence-electron chi connectivity index (χ4n) is 4.47. The van der Waals surface area contributed by atoms with E-state index in [2.05, 4.69) is 5.32 Å². The van der Waals surface area contributed by atoms with E-state index in [1.807, 2.05) is 24.3 Å². The summed E-state index contributed by atoms with van der Waals surface area (Å²) in [6.07, 6.45) is 7.79. The molecule has 4 rings (SSSR count). The van der Waals surface area contributed by atoms with E-state index >= 15 is 0 Å². The monoisotopic (exact) mass is 453 g/mol. The summed E-state index contributed by atoms with van der Waals surface area (Å²) in [4.78, 5) is 38.8. The molecule has 1 saturated carbocycles. The molecule has 1 heterocycles. The number of carbonyl (C=O) groups is 1. The van der Waals surface area contributed by atoms with Crippen molar-refractivity contribution in [3.8, 4) is 0 Å². The molecule has 1 aromatic heterocycles. The van der Waals surface area contributed by atoms with Gasteiger partial charge in [0.25, 0.3) is 0 Å². The standard InChI is InChI=1S/C25H28ClN3O3/c26-19-14-12-18(13-15-19)16-28-21-10-6-7-11-22(21)29(25(32)24(28)31)17-23(30)27-20-8-4-2-1-3-5-9-20/h6-7,10-15,20H,1-5,8-9,16-17H2,(H,27,30). The molecule has 1 amide bonds. The number of carbonyl (C=O) groups excluding carboxylic acids is 1. The lowest BCUT2D eigenvalue weighted by molar-refractivity contribution is -0.122. The first-order valence-corrected chi connectivity index (χ1v) is 11.7. The maximum Gasteiger partial charge on any atom is 0.317 e. The van der Waals surface area contributed by atoms with E-state index in [4.69, 9.17) is 11.6 Å². The van der Waals surface area contributed by atoms with Gasteiger partial charge in [-0.3, -0.25) is 23.5 Å². The van der Waals surface area contributed by atoms with Gasteiger partial charge < -0.3 is 5.32 Å². The van der Waals surface area contributed by atoms with Crippen molar-refractivity contribution in [2.45, 2.75) is 64.1 Å². The minimum absolute atomic E-state index is 0.134. The Labute approximate surface area is 191 Å². The Hall–Kier alpha value is -2.86. The molecule has 0 radical (unpaired) electrons. The minimum Gasteiger partial charge on any atom is -0.352 e. The second kappa shape index (κ2) is 10.2. The van der Waals surface area contributed by atoms with Crippen molar-refractivity contribution in [2.75, 3.05) is 0 Å². The smallest absolute Gasteiger partial charge is 0.317 e. The number of halogens is 1. The fraction of sp³-hybridized carbons (Fsp3) is 0.400. The Kier molecular flexibility index (Phi) is 7.10. The van der Waals surface area contributed by atoms with Crippen molar-refractivity contribution in [1.29, 1.82) is 0 Å². The average Bonchev–Trinajstić information content (AvgIpc) is 2.77. The highest BCUT2D eigenvalue weighted by molar-refractivity contribution is 6.30. The summed E-state index contributed by atoms with van der Waals surface area (Å²) in [6, 6.07) is 14.5. The molecule has 0 spiro atoms. The molecule has 0 aliphatic heterocycles. The average molecular weight is 454 g/mol. The number of benzene rings is 2. The number of para-hydroxylation sites is 2. The van der Waals surface area contributed by atoms with E-state index in [9.17, 15) is 14.4 Å². The third-order valence-corrected chi connectivity index (χ3v) is 6.41. The van der Waals surface area contributed by atoms with E-state index in [1.165, 1.54) is 28.4 Å². The second-order valence-electron chi connectivity index (χ2n) is 8.51. The van der Waals surface area contributed by atoms with Crippen molar-refractivity contribution < 1.29 is 4.79 Å². The molecule has 2 aromatic carbocycles. The van der Waals surface area contributed by atoms with Crippen molar-refractivity contribution in [2.24, 2.45) is 0 Å². The molecule has 0 saturated heterocycles. The van der Waals surface area contributed by atoms with Crippen LogP contribution in [-0.2, 0) is 17.9 Å². The predicted octanol–water partition coefficient (Wildman–Crippen LogP) is 4.09. The molecule has 1 aliphatic rings. The molecule has 0 atom stereocenters. The van der Waals surface area contributed by atoms with Crippen molar-refractivity contribution in [1.82, 2.24) is 14.5 Å². The van der Waals surface area contributed by atoms with Gasteiger partial charge in [-0.25, -0.2) is 0 Å². The van der Waals surface area contributed by atoms with Gasteiger partial charge in [0.2, 0.25) is 5.91 Å². The number of amides is 1. The third-order valence-electron chi connectivity index (χ3n) is 6.16. The van der Waals surface area contributed by atoms with Crippen LogP contribution in [0.15, 0.2) is 58.1 Å². The molecule has 3 aromatic rings. The summed E-state index contributed by atoms with van der Waals surface area (Å²) >= 11 is 5.96. The van der Waals surface area contributed by atoms with Crippen molar-refractivity contribution >= 4 is 28.5 Å². The van der Waals surface area contributed by atoms with Gasteiger partial charge in [0.1, 0.15) is 6.54 Å². The summed E-state index contributed by atoms with van der Waals surface area (Å²) in [5.41, 5.74) is 0.716. The van der Waals surface area contributed by atoms with Crippen LogP contribution < -0.4 is 16.4 Å². The van der Waals surface area contributed by atoms with E-state index in [1.54, 1.807) is 24.3 Å². The first kappa shape index (κ1) is 22.3. The lowest BCUT2D eigenvalue weighted by Gasteiger charge is -2.21. The van der Waals surface area contributed by atoms with Gasteiger partial charge in [0, 0.05) is 11.1 Å². The molecule has 32 heavy (non-hydrogen) atoms. The number of nitrogens with zero attached hydrogens (tertiary/aromatic N) is 2. The van der Waals surface area contributed by atoms with E-state index in [0.717, 1.165) is 31.2 Å². The van der Waals surface area contributed by atoms with Crippen LogP contribution >= 0.6 is 11.6 Å². The van der Waals surface area contributed by atoms with Crippen molar-refractivity contribution in [3.63, 3.8) is 0 Å². The molecule has 7 heteroatoms. The van der Waals surface area contributed by atoms with Crippen LogP contribution in [0.3, 0.4) is 0 Å². The Bertz CT molecular complexity index is 1210. The van der Waals surface area contributed by atoms with Crippen molar-refractivity contribution in [3.05, 3.63) is 79.8 Å². The first-order chi connectivity index (χ1) is 15.5. The molecular formula is C25H28ClN3O3. The Morgan fingerprint density at radius 3 is 2.06 bits per heavy atom.